The van der Waals surface area contributed by atoms with Crippen molar-refractivity contribution in [2.45, 2.75) is 24.9 Å². The molecule has 86 valence electrons. The molecule has 0 spiro atoms. The van der Waals surface area contributed by atoms with Crippen molar-refractivity contribution in [1.82, 2.24) is 4.90 Å². The fourth-order valence-corrected chi connectivity index (χ4v) is 2.16. The van der Waals surface area contributed by atoms with E-state index in [0.29, 0.717) is 13.0 Å². The van der Waals surface area contributed by atoms with Gasteiger partial charge < -0.3 is 15.7 Å². The van der Waals surface area contributed by atoms with Crippen LogP contribution in [0.15, 0.2) is 0 Å². The molecule has 1 rings (SSSR count). The van der Waals surface area contributed by atoms with Gasteiger partial charge in [0.05, 0.1) is 0 Å². The molecule has 1 saturated heterocycles. The first-order valence-corrected chi connectivity index (χ1v) is 6.22. The zero-order valence-electron chi connectivity index (χ0n) is 8.68. The predicted octanol–water partition coefficient (Wildman–Crippen LogP) is -0.248. The van der Waals surface area contributed by atoms with Crippen LogP contribution in [0.1, 0.15) is 12.8 Å². The van der Waals surface area contributed by atoms with Crippen LogP contribution in [0, 0.1) is 0 Å². The molecule has 6 heteroatoms. The highest BCUT2D eigenvalue weighted by Crippen LogP contribution is 2.16. The first kappa shape index (κ1) is 12.3. The highest BCUT2D eigenvalue weighted by atomic mass is 32.2. The standard InChI is InChI=1S/C9H16N2O3S/c1-15-3-2-7(9(13)14)11-5-6(10)4-8(11)12/h6-7H,2-5,10H2,1H3,(H,13,14)/t6?,7-/m0/s1. The molecule has 1 unspecified atom stereocenters. The number of nitrogens with zero attached hydrogens (tertiary/aromatic N) is 1. The summed E-state index contributed by atoms with van der Waals surface area (Å²) in [7, 11) is 0. The predicted molar refractivity (Wildman–Crippen MR) is 58.7 cm³/mol. The van der Waals surface area contributed by atoms with Crippen molar-refractivity contribution in [3.63, 3.8) is 0 Å². The third-order valence-electron chi connectivity index (χ3n) is 2.45. The first-order chi connectivity index (χ1) is 7.06. The SMILES string of the molecule is CSCC[C@@H](C(=O)O)N1CC(N)CC1=O. The Morgan fingerprint density at radius 2 is 2.47 bits per heavy atom. The lowest BCUT2D eigenvalue weighted by Crippen LogP contribution is -2.43. The van der Waals surface area contributed by atoms with E-state index < -0.39 is 12.0 Å². The van der Waals surface area contributed by atoms with Gasteiger partial charge in [-0.1, -0.05) is 0 Å². The molecule has 1 aliphatic heterocycles. The third kappa shape index (κ3) is 3.10. The molecule has 3 N–H and O–H groups in total. The Balaban J connectivity index is 2.63. The highest BCUT2D eigenvalue weighted by Gasteiger charge is 2.35. The topological polar surface area (TPSA) is 83.6 Å². The van der Waals surface area contributed by atoms with E-state index in [1.165, 1.54) is 4.90 Å². The van der Waals surface area contributed by atoms with Gasteiger partial charge in [0.1, 0.15) is 6.04 Å². The summed E-state index contributed by atoms with van der Waals surface area (Å²) in [6, 6.07) is -0.924. The van der Waals surface area contributed by atoms with E-state index in [9.17, 15) is 9.59 Å². The van der Waals surface area contributed by atoms with Gasteiger partial charge >= 0.3 is 5.97 Å². The molecule has 0 radical (unpaired) electrons. The van der Waals surface area contributed by atoms with E-state index in [2.05, 4.69) is 0 Å². The van der Waals surface area contributed by atoms with Crippen LogP contribution in [0.2, 0.25) is 0 Å². The van der Waals surface area contributed by atoms with Gasteiger partial charge in [-0.05, 0) is 18.4 Å². The summed E-state index contributed by atoms with van der Waals surface area (Å²) in [6.45, 7) is 0.365. The van der Waals surface area contributed by atoms with Gasteiger partial charge in [0.15, 0.2) is 0 Å². The van der Waals surface area contributed by atoms with Crippen LogP contribution in [-0.2, 0) is 9.59 Å². The highest BCUT2D eigenvalue weighted by molar-refractivity contribution is 7.98. The maximum Gasteiger partial charge on any atom is 0.326 e. The lowest BCUT2D eigenvalue weighted by molar-refractivity contribution is -0.148. The van der Waals surface area contributed by atoms with E-state index in [-0.39, 0.29) is 18.4 Å². The molecular formula is C9H16N2O3S. The molecule has 2 atom stereocenters. The smallest absolute Gasteiger partial charge is 0.326 e. The molecule has 0 aliphatic carbocycles. The lowest BCUT2D eigenvalue weighted by Gasteiger charge is -2.24. The van der Waals surface area contributed by atoms with Gasteiger partial charge in [-0.3, -0.25) is 4.79 Å². The summed E-state index contributed by atoms with van der Waals surface area (Å²) in [5.74, 6) is -0.349. The molecular weight excluding hydrogens is 216 g/mol. The van der Waals surface area contributed by atoms with Crippen molar-refractivity contribution in [1.29, 1.82) is 0 Å². The molecule has 15 heavy (non-hydrogen) atoms. The number of hydrogen-bond donors (Lipinski definition) is 2. The van der Waals surface area contributed by atoms with E-state index in [4.69, 9.17) is 10.8 Å². The van der Waals surface area contributed by atoms with Crippen molar-refractivity contribution >= 4 is 23.6 Å². The Hall–Kier alpha value is -0.750. The number of hydrogen-bond acceptors (Lipinski definition) is 4. The van der Waals surface area contributed by atoms with Crippen LogP contribution in [0.25, 0.3) is 0 Å². The Labute approximate surface area is 93.0 Å². The fourth-order valence-electron chi connectivity index (χ4n) is 1.70. The van der Waals surface area contributed by atoms with E-state index in [0.717, 1.165) is 5.75 Å². The Bertz CT molecular complexity index is 260. The van der Waals surface area contributed by atoms with Crippen molar-refractivity contribution in [3.8, 4) is 0 Å². The van der Waals surface area contributed by atoms with Crippen LogP contribution in [0.5, 0.6) is 0 Å². The quantitative estimate of drug-likeness (QED) is 0.683. The molecule has 0 saturated carbocycles. The number of amides is 1. The monoisotopic (exact) mass is 232 g/mol. The molecule has 1 amide bonds. The average Bonchev–Trinajstić information content (AvgIpc) is 2.46. The second kappa shape index (κ2) is 5.37. The number of thioether (sulfide) groups is 1. The minimum Gasteiger partial charge on any atom is -0.480 e. The molecule has 0 bridgehead atoms. The summed E-state index contributed by atoms with van der Waals surface area (Å²) in [5, 5.41) is 9.02. The summed E-state index contributed by atoms with van der Waals surface area (Å²) in [4.78, 5) is 23.9. The molecule has 1 heterocycles. The van der Waals surface area contributed by atoms with Gasteiger partial charge in [-0.15, -0.1) is 0 Å². The maximum absolute atomic E-state index is 11.5. The minimum absolute atomic E-state index is 0.143. The third-order valence-corrected chi connectivity index (χ3v) is 3.09. The Kier molecular flexibility index (Phi) is 4.41. The summed E-state index contributed by atoms with van der Waals surface area (Å²) >= 11 is 1.58. The second-order valence-electron chi connectivity index (χ2n) is 3.65. The number of likely N-dealkylation sites (tertiary alicyclic amines) is 1. The Morgan fingerprint density at radius 1 is 1.80 bits per heavy atom. The van der Waals surface area contributed by atoms with Gasteiger partial charge in [0.2, 0.25) is 5.91 Å². The van der Waals surface area contributed by atoms with Crippen molar-refractivity contribution < 1.29 is 14.7 Å². The van der Waals surface area contributed by atoms with Crippen LogP contribution in [-0.4, -0.2) is 52.5 Å². The van der Waals surface area contributed by atoms with Crippen LogP contribution in [0.4, 0.5) is 0 Å². The number of carboxylic acids is 1. The number of carbonyl (C=O) groups is 2. The van der Waals surface area contributed by atoms with Crippen LogP contribution >= 0.6 is 11.8 Å². The summed E-state index contributed by atoms with van der Waals surface area (Å²) < 4.78 is 0. The fraction of sp³-hybridized carbons (Fsp3) is 0.778. The van der Waals surface area contributed by atoms with Gasteiger partial charge in [-0.2, -0.15) is 11.8 Å². The largest absolute Gasteiger partial charge is 0.480 e. The molecule has 1 aliphatic rings. The molecule has 0 aromatic rings. The van der Waals surface area contributed by atoms with Crippen molar-refractivity contribution in [2.24, 2.45) is 5.73 Å². The normalized spacial score (nSPS) is 23.2. The lowest BCUT2D eigenvalue weighted by atomic mass is 10.2. The van der Waals surface area contributed by atoms with Crippen LogP contribution < -0.4 is 5.73 Å². The van der Waals surface area contributed by atoms with E-state index in [1.807, 2.05) is 6.26 Å². The zero-order chi connectivity index (χ0) is 11.4. The first-order valence-electron chi connectivity index (χ1n) is 4.83. The number of nitrogens with two attached hydrogens (primary N) is 1. The number of carboxylic acid groups (broad SMARTS) is 1. The average molecular weight is 232 g/mol. The van der Waals surface area contributed by atoms with E-state index >= 15 is 0 Å². The number of rotatable bonds is 5. The molecule has 5 nitrogen and oxygen atoms in total. The van der Waals surface area contributed by atoms with Gasteiger partial charge in [0.25, 0.3) is 0 Å². The number of aliphatic carboxylic acids is 1. The molecule has 1 fully saturated rings. The molecule has 0 aromatic carbocycles. The van der Waals surface area contributed by atoms with Crippen molar-refractivity contribution in [2.75, 3.05) is 18.6 Å². The maximum atomic E-state index is 11.5. The minimum atomic E-state index is -0.938. The van der Waals surface area contributed by atoms with Gasteiger partial charge in [0, 0.05) is 19.0 Å². The molecule has 0 aromatic heterocycles. The zero-order valence-corrected chi connectivity index (χ0v) is 9.50. The summed E-state index contributed by atoms with van der Waals surface area (Å²) in [5.41, 5.74) is 5.62. The van der Waals surface area contributed by atoms with Crippen LogP contribution in [0.3, 0.4) is 0 Å². The van der Waals surface area contributed by atoms with Crippen molar-refractivity contribution in [3.05, 3.63) is 0 Å². The Morgan fingerprint density at radius 3 is 2.87 bits per heavy atom. The summed E-state index contributed by atoms with van der Waals surface area (Å²) in [6.07, 6.45) is 2.66. The van der Waals surface area contributed by atoms with E-state index in [1.54, 1.807) is 11.8 Å². The van der Waals surface area contributed by atoms with Gasteiger partial charge in [-0.25, -0.2) is 4.79 Å². The second-order valence-corrected chi connectivity index (χ2v) is 4.63. The number of carbonyl (C=O) groups excluding carboxylic acids is 1.